The fraction of sp³-hybridized carbons (Fsp3) is 0. The Morgan fingerprint density at radius 2 is 2.18 bits per heavy atom. The first-order valence-electron chi connectivity index (χ1n) is 4.49. The number of hydrogen-bond donors (Lipinski definition) is 0. The molecule has 0 saturated carbocycles. The van der Waals surface area contributed by atoms with Crippen molar-refractivity contribution in [2.24, 2.45) is 0 Å². The monoisotopic (exact) mass is 252 g/mol. The zero-order valence-electron chi connectivity index (χ0n) is 8.29. The van der Waals surface area contributed by atoms with Gasteiger partial charge in [0.25, 0.3) is 10.9 Å². The fourth-order valence-corrected chi connectivity index (χ4v) is 1.37. The van der Waals surface area contributed by atoms with Crippen LogP contribution in [0.5, 0.6) is 0 Å². The lowest BCUT2D eigenvalue weighted by atomic mass is 10.1. The Morgan fingerprint density at radius 3 is 2.76 bits per heavy atom. The molecule has 17 heavy (non-hydrogen) atoms. The second-order valence-electron chi connectivity index (χ2n) is 3.16. The standard InChI is InChI=1S/C10H5ClN2O4/c11-10(14)9-5-8(12-17-9)6-2-1-3-7(4-6)13(15)16/h1-5H. The number of hydrogen-bond acceptors (Lipinski definition) is 5. The summed E-state index contributed by atoms with van der Waals surface area (Å²) in [4.78, 5) is 20.9. The molecule has 0 unspecified atom stereocenters. The van der Waals surface area contributed by atoms with E-state index < -0.39 is 10.2 Å². The third-order valence-electron chi connectivity index (χ3n) is 2.06. The third kappa shape index (κ3) is 2.31. The van der Waals surface area contributed by atoms with Crippen LogP contribution in [-0.4, -0.2) is 15.3 Å². The van der Waals surface area contributed by atoms with Crippen molar-refractivity contribution >= 4 is 22.5 Å². The molecule has 0 radical (unpaired) electrons. The zero-order chi connectivity index (χ0) is 12.4. The maximum atomic E-state index is 10.8. The molecule has 0 spiro atoms. The van der Waals surface area contributed by atoms with Gasteiger partial charge in [-0.2, -0.15) is 0 Å². The van der Waals surface area contributed by atoms with Crippen molar-refractivity contribution < 1.29 is 14.2 Å². The summed E-state index contributed by atoms with van der Waals surface area (Å²) in [6.45, 7) is 0. The number of rotatable bonds is 3. The summed E-state index contributed by atoms with van der Waals surface area (Å²) in [5.41, 5.74) is 0.731. The Morgan fingerprint density at radius 1 is 1.41 bits per heavy atom. The molecule has 0 saturated heterocycles. The zero-order valence-corrected chi connectivity index (χ0v) is 9.05. The Hall–Kier alpha value is -2.21. The van der Waals surface area contributed by atoms with Crippen LogP contribution in [0.4, 0.5) is 5.69 Å². The van der Waals surface area contributed by atoms with Crippen LogP contribution in [0, 0.1) is 10.1 Å². The highest BCUT2D eigenvalue weighted by Crippen LogP contribution is 2.23. The minimum atomic E-state index is -0.769. The van der Waals surface area contributed by atoms with E-state index in [0.29, 0.717) is 11.3 Å². The Balaban J connectivity index is 2.42. The van der Waals surface area contributed by atoms with Crippen molar-refractivity contribution in [3.05, 3.63) is 46.2 Å². The normalized spacial score (nSPS) is 10.2. The number of carbonyl (C=O) groups is 1. The molecule has 1 aromatic carbocycles. The first-order chi connectivity index (χ1) is 8.08. The van der Waals surface area contributed by atoms with Crippen LogP contribution in [0.2, 0.25) is 0 Å². The molecule has 1 aromatic heterocycles. The predicted octanol–water partition coefficient (Wildman–Crippen LogP) is 2.63. The van der Waals surface area contributed by atoms with Crippen molar-refractivity contribution in [2.45, 2.75) is 0 Å². The van der Waals surface area contributed by atoms with Crippen LogP contribution in [0.15, 0.2) is 34.9 Å². The van der Waals surface area contributed by atoms with Gasteiger partial charge in [-0.25, -0.2) is 0 Å². The van der Waals surface area contributed by atoms with Gasteiger partial charge in [0.2, 0.25) is 5.76 Å². The molecule has 2 rings (SSSR count). The van der Waals surface area contributed by atoms with E-state index in [0.717, 1.165) is 0 Å². The number of halogens is 1. The number of non-ortho nitro benzene ring substituents is 1. The van der Waals surface area contributed by atoms with Gasteiger partial charge in [-0.3, -0.25) is 14.9 Å². The average Bonchev–Trinajstić information content (AvgIpc) is 2.78. The molecule has 0 N–H and O–H groups in total. The van der Waals surface area contributed by atoms with Crippen LogP contribution < -0.4 is 0 Å². The van der Waals surface area contributed by atoms with Gasteiger partial charge in [0.1, 0.15) is 5.69 Å². The Bertz CT molecular complexity index is 593. The molecule has 2 aromatic rings. The van der Waals surface area contributed by atoms with Gasteiger partial charge in [0.05, 0.1) is 4.92 Å². The van der Waals surface area contributed by atoms with E-state index >= 15 is 0 Å². The van der Waals surface area contributed by atoms with E-state index in [1.807, 2.05) is 0 Å². The first kappa shape index (κ1) is 11.3. The maximum absolute atomic E-state index is 10.8. The maximum Gasteiger partial charge on any atom is 0.290 e. The number of nitro benzene ring substituents is 1. The summed E-state index contributed by atoms with van der Waals surface area (Å²) < 4.78 is 4.68. The molecule has 1 heterocycles. The summed E-state index contributed by atoms with van der Waals surface area (Å²) >= 11 is 5.20. The van der Waals surface area contributed by atoms with E-state index in [1.54, 1.807) is 6.07 Å². The summed E-state index contributed by atoms with van der Waals surface area (Å²) in [7, 11) is 0. The lowest BCUT2D eigenvalue weighted by Crippen LogP contribution is -1.88. The van der Waals surface area contributed by atoms with E-state index in [9.17, 15) is 14.9 Å². The van der Waals surface area contributed by atoms with Crippen molar-refractivity contribution in [3.8, 4) is 11.3 Å². The number of nitrogens with zero attached hydrogens (tertiary/aromatic N) is 2. The van der Waals surface area contributed by atoms with Crippen molar-refractivity contribution in [1.29, 1.82) is 0 Å². The van der Waals surface area contributed by atoms with E-state index in [4.69, 9.17) is 11.6 Å². The van der Waals surface area contributed by atoms with Gasteiger partial charge in [0.15, 0.2) is 0 Å². The highest BCUT2D eigenvalue weighted by atomic mass is 35.5. The minimum absolute atomic E-state index is 0.0655. The fourth-order valence-electron chi connectivity index (χ4n) is 1.28. The summed E-state index contributed by atoms with van der Waals surface area (Å²) in [5, 5.41) is 13.4. The van der Waals surface area contributed by atoms with E-state index in [1.165, 1.54) is 24.3 Å². The van der Waals surface area contributed by atoms with Gasteiger partial charge >= 0.3 is 0 Å². The van der Waals surface area contributed by atoms with Crippen LogP contribution in [0.3, 0.4) is 0 Å². The Kier molecular flexibility index (Phi) is 2.88. The molecule has 0 atom stereocenters. The van der Waals surface area contributed by atoms with Crippen molar-refractivity contribution in [1.82, 2.24) is 5.16 Å². The van der Waals surface area contributed by atoms with Gasteiger partial charge in [0, 0.05) is 23.8 Å². The molecule has 0 aliphatic rings. The molecule has 6 nitrogen and oxygen atoms in total. The lowest BCUT2D eigenvalue weighted by Gasteiger charge is -1.94. The van der Waals surface area contributed by atoms with Crippen LogP contribution in [0.1, 0.15) is 10.6 Å². The molecular formula is C10H5ClN2O4. The highest BCUT2D eigenvalue weighted by molar-refractivity contribution is 6.67. The molecule has 0 amide bonds. The number of nitro groups is 1. The molecule has 0 aliphatic heterocycles. The van der Waals surface area contributed by atoms with Crippen LogP contribution in [-0.2, 0) is 0 Å². The lowest BCUT2D eigenvalue weighted by molar-refractivity contribution is -0.384. The largest absolute Gasteiger partial charge is 0.351 e. The Labute approximate surface area is 99.9 Å². The molecule has 0 fully saturated rings. The van der Waals surface area contributed by atoms with Crippen LogP contribution >= 0.6 is 11.6 Å². The second-order valence-corrected chi connectivity index (χ2v) is 3.50. The van der Waals surface area contributed by atoms with Gasteiger partial charge in [-0.1, -0.05) is 17.3 Å². The minimum Gasteiger partial charge on any atom is -0.351 e. The summed E-state index contributed by atoms with van der Waals surface area (Å²) in [6, 6.07) is 7.16. The van der Waals surface area contributed by atoms with Gasteiger partial charge in [-0.15, -0.1) is 0 Å². The highest BCUT2D eigenvalue weighted by Gasteiger charge is 2.13. The van der Waals surface area contributed by atoms with Gasteiger partial charge < -0.3 is 4.52 Å². The smallest absolute Gasteiger partial charge is 0.290 e. The van der Waals surface area contributed by atoms with Crippen molar-refractivity contribution in [3.63, 3.8) is 0 Å². The number of aromatic nitrogens is 1. The van der Waals surface area contributed by atoms with Gasteiger partial charge in [-0.05, 0) is 11.6 Å². The number of benzene rings is 1. The van der Waals surface area contributed by atoms with E-state index in [2.05, 4.69) is 9.68 Å². The van der Waals surface area contributed by atoms with Crippen molar-refractivity contribution in [2.75, 3.05) is 0 Å². The second kappa shape index (κ2) is 4.34. The van der Waals surface area contributed by atoms with Crippen LogP contribution in [0.25, 0.3) is 11.3 Å². The molecule has 0 aliphatic carbocycles. The molecular weight excluding hydrogens is 248 g/mol. The first-order valence-corrected chi connectivity index (χ1v) is 4.87. The molecule has 7 heteroatoms. The average molecular weight is 253 g/mol. The topological polar surface area (TPSA) is 86.2 Å². The molecule has 86 valence electrons. The quantitative estimate of drug-likeness (QED) is 0.476. The predicted molar refractivity (Wildman–Crippen MR) is 58.8 cm³/mol. The summed E-state index contributed by atoms with van der Waals surface area (Å²) in [5.74, 6) is -0.104. The third-order valence-corrected chi connectivity index (χ3v) is 2.24. The van der Waals surface area contributed by atoms with E-state index in [-0.39, 0.29) is 11.4 Å². The molecule has 0 bridgehead atoms. The summed E-state index contributed by atoms with van der Waals surface area (Å²) in [6.07, 6.45) is 0. The number of carbonyl (C=O) groups excluding carboxylic acids is 1. The SMILES string of the molecule is O=C(Cl)c1cc(-c2cccc([N+](=O)[O-])c2)no1.